The summed E-state index contributed by atoms with van der Waals surface area (Å²) in [5.41, 5.74) is 5.32. The lowest BCUT2D eigenvalue weighted by molar-refractivity contribution is -0.161. The third-order valence-corrected chi connectivity index (χ3v) is 9.75. The molecule has 0 amide bonds. The summed E-state index contributed by atoms with van der Waals surface area (Å²) in [6.07, 6.45) is 41.9. The number of hydrogen-bond acceptors (Lipinski definition) is 9. The molecule has 0 saturated carbocycles. The molecule has 0 aromatic heterocycles. The van der Waals surface area contributed by atoms with Crippen molar-refractivity contribution in [2.45, 2.75) is 187 Å². The number of carbonyl (C=O) groups excluding carboxylic acids is 2. The molecule has 0 saturated heterocycles. The van der Waals surface area contributed by atoms with Gasteiger partial charge in [0, 0.05) is 12.8 Å². The molecule has 3 atom stereocenters. The van der Waals surface area contributed by atoms with E-state index in [-0.39, 0.29) is 19.4 Å². The molecule has 0 aliphatic carbocycles. The lowest BCUT2D eigenvalue weighted by Crippen LogP contribution is -2.34. The number of allylic oxidation sites excluding steroid dienone is 8. The Balaban J connectivity index is 4.46. The Morgan fingerprint density at radius 2 is 1.00 bits per heavy atom. The van der Waals surface area contributed by atoms with E-state index in [1.807, 2.05) is 6.08 Å². The minimum absolute atomic E-state index is 0.135. The SMILES string of the molecule is CCCC/C=C/C/C=C/CCCCCCCC(=O)O[C@H](COC(=O)CCC/C=C/C/C=C/CCCCCCCCCCC)COP(=O)(O)OC[C@H](N)C(=O)O. The van der Waals surface area contributed by atoms with Crippen LogP contribution in [-0.4, -0.2) is 59.9 Å². The molecule has 0 bridgehead atoms. The number of nitrogens with two attached hydrogens (primary N) is 1. The molecule has 0 aliphatic heterocycles. The fourth-order valence-electron chi connectivity index (χ4n) is 5.41. The van der Waals surface area contributed by atoms with E-state index in [1.54, 1.807) is 0 Å². The first kappa shape index (κ1) is 52.4. The van der Waals surface area contributed by atoms with E-state index in [0.717, 1.165) is 57.8 Å². The Morgan fingerprint density at radius 3 is 1.53 bits per heavy atom. The Labute approximate surface area is 333 Å². The van der Waals surface area contributed by atoms with E-state index >= 15 is 0 Å². The summed E-state index contributed by atoms with van der Waals surface area (Å²) in [5.74, 6) is -2.46. The highest BCUT2D eigenvalue weighted by atomic mass is 31.2. The molecule has 0 aliphatic rings. The maximum absolute atomic E-state index is 12.6. The van der Waals surface area contributed by atoms with Gasteiger partial charge in [0.05, 0.1) is 13.2 Å². The Kier molecular flexibility index (Phi) is 36.5. The van der Waals surface area contributed by atoms with Crippen molar-refractivity contribution in [3.8, 4) is 0 Å². The van der Waals surface area contributed by atoms with Crippen molar-refractivity contribution in [1.82, 2.24) is 0 Å². The fourth-order valence-corrected chi connectivity index (χ4v) is 6.19. The van der Waals surface area contributed by atoms with Gasteiger partial charge < -0.3 is 25.2 Å². The van der Waals surface area contributed by atoms with E-state index < -0.39 is 51.1 Å². The van der Waals surface area contributed by atoms with Crippen molar-refractivity contribution < 1.29 is 47.5 Å². The maximum Gasteiger partial charge on any atom is 0.472 e. The molecule has 0 aromatic rings. The summed E-state index contributed by atoms with van der Waals surface area (Å²) in [6, 6.07) is -1.53. The molecule has 55 heavy (non-hydrogen) atoms. The van der Waals surface area contributed by atoms with Gasteiger partial charge in [0.2, 0.25) is 0 Å². The number of phosphoric acid groups is 1. The van der Waals surface area contributed by atoms with Gasteiger partial charge in [0.15, 0.2) is 6.10 Å². The predicted molar refractivity (Wildman–Crippen MR) is 222 cm³/mol. The van der Waals surface area contributed by atoms with Crippen LogP contribution in [0.4, 0.5) is 0 Å². The molecule has 12 heteroatoms. The minimum atomic E-state index is -4.73. The molecule has 11 nitrogen and oxygen atoms in total. The fraction of sp³-hybridized carbons (Fsp3) is 0.744. The van der Waals surface area contributed by atoms with Crippen molar-refractivity contribution in [3.63, 3.8) is 0 Å². The zero-order valence-electron chi connectivity index (χ0n) is 34.3. The molecule has 0 aromatic carbocycles. The molecule has 1 unspecified atom stereocenters. The van der Waals surface area contributed by atoms with Gasteiger partial charge in [0.1, 0.15) is 12.6 Å². The minimum Gasteiger partial charge on any atom is -0.480 e. The molecular formula is C43H76NO10P. The third-order valence-electron chi connectivity index (χ3n) is 8.80. The summed E-state index contributed by atoms with van der Waals surface area (Å²) < 4.78 is 32.6. The summed E-state index contributed by atoms with van der Waals surface area (Å²) in [4.78, 5) is 45.9. The number of carboxylic acid groups (broad SMARTS) is 1. The van der Waals surface area contributed by atoms with Crippen LogP contribution in [0.5, 0.6) is 0 Å². The van der Waals surface area contributed by atoms with Gasteiger partial charge in [-0.25, -0.2) is 4.57 Å². The van der Waals surface area contributed by atoms with Crippen molar-refractivity contribution in [2.75, 3.05) is 19.8 Å². The first-order valence-corrected chi connectivity index (χ1v) is 22.7. The summed E-state index contributed by atoms with van der Waals surface area (Å²) in [6.45, 7) is 2.69. The molecule has 0 rings (SSSR count). The summed E-state index contributed by atoms with van der Waals surface area (Å²) >= 11 is 0. The van der Waals surface area contributed by atoms with Gasteiger partial charge >= 0.3 is 25.7 Å². The summed E-state index contributed by atoms with van der Waals surface area (Å²) in [7, 11) is -4.73. The zero-order valence-corrected chi connectivity index (χ0v) is 35.2. The standard InChI is InChI=1S/C43H76NO10P/c1-3-5-7-9-11-13-15-17-19-20-21-23-24-26-28-30-32-34-41(45)51-36-39(37-52-55(49,50)53-38-40(44)43(47)48)54-42(46)35-33-31-29-27-25-22-18-16-14-12-10-8-6-4-2/h10,12,16,18,21,23,26,28,39-40H,3-9,11,13-15,17,19-20,22,24-25,27,29-38,44H2,1-2H3,(H,47,48)(H,49,50)/b12-10+,18-16+,23-21+,28-26+/t39-,40+/m1/s1. The highest BCUT2D eigenvalue weighted by Gasteiger charge is 2.28. The monoisotopic (exact) mass is 798 g/mol. The van der Waals surface area contributed by atoms with Gasteiger partial charge in [0.25, 0.3) is 0 Å². The first-order valence-electron chi connectivity index (χ1n) is 21.2. The van der Waals surface area contributed by atoms with Crippen molar-refractivity contribution in [2.24, 2.45) is 5.73 Å². The van der Waals surface area contributed by atoms with E-state index in [4.69, 9.17) is 24.8 Å². The van der Waals surface area contributed by atoms with Gasteiger partial charge in [-0.15, -0.1) is 0 Å². The van der Waals surface area contributed by atoms with Crippen LogP contribution in [0.25, 0.3) is 0 Å². The highest BCUT2D eigenvalue weighted by Crippen LogP contribution is 2.43. The van der Waals surface area contributed by atoms with Crippen LogP contribution in [0, 0.1) is 0 Å². The van der Waals surface area contributed by atoms with E-state index in [2.05, 4.69) is 60.9 Å². The molecule has 4 N–H and O–H groups in total. The van der Waals surface area contributed by atoms with Crippen LogP contribution in [0.15, 0.2) is 48.6 Å². The number of aliphatic carboxylic acids is 1. The Morgan fingerprint density at radius 1 is 0.564 bits per heavy atom. The Bertz CT molecular complexity index is 1120. The third kappa shape index (κ3) is 38.1. The highest BCUT2D eigenvalue weighted by molar-refractivity contribution is 7.47. The van der Waals surface area contributed by atoms with E-state index in [1.165, 1.54) is 70.6 Å². The molecule has 318 valence electrons. The topological polar surface area (TPSA) is 172 Å². The zero-order chi connectivity index (χ0) is 40.7. The van der Waals surface area contributed by atoms with Crippen molar-refractivity contribution in [3.05, 3.63) is 48.6 Å². The second-order valence-corrected chi connectivity index (χ2v) is 15.6. The largest absolute Gasteiger partial charge is 0.480 e. The van der Waals surface area contributed by atoms with Gasteiger partial charge in [-0.3, -0.25) is 23.4 Å². The molecular weight excluding hydrogens is 721 g/mol. The van der Waals surface area contributed by atoms with Crippen LogP contribution in [-0.2, 0) is 37.5 Å². The number of carboxylic acids is 1. The maximum atomic E-state index is 12.6. The predicted octanol–water partition coefficient (Wildman–Crippen LogP) is 11.0. The number of phosphoric ester groups is 1. The van der Waals surface area contributed by atoms with E-state index in [9.17, 15) is 23.8 Å². The number of unbranched alkanes of at least 4 members (excludes halogenated alkanes) is 17. The van der Waals surface area contributed by atoms with Crippen molar-refractivity contribution in [1.29, 1.82) is 0 Å². The second kappa shape index (κ2) is 38.3. The van der Waals surface area contributed by atoms with E-state index in [0.29, 0.717) is 19.3 Å². The van der Waals surface area contributed by atoms with Gasteiger partial charge in [-0.2, -0.15) is 0 Å². The molecule has 0 heterocycles. The average molecular weight is 798 g/mol. The number of carbonyl (C=O) groups is 3. The quantitative estimate of drug-likeness (QED) is 0.0234. The lowest BCUT2D eigenvalue weighted by Gasteiger charge is -2.20. The second-order valence-electron chi connectivity index (χ2n) is 14.1. The Hall–Kier alpha value is -2.56. The van der Waals surface area contributed by atoms with Gasteiger partial charge in [-0.1, -0.05) is 146 Å². The van der Waals surface area contributed by atoms with Crippen LogP contribution in [0.3, 0.4) is 0 Å². The average Bonchev–Trinajstić information content (AvgIpc) is 3.16. The molecule has 0 radical (unpaired) electrons. The number of esters is 2. The number of hydrogen-bond donors (Lipinski definition) is 3. The van der Waals surface area contributed by atoms with Crippen LogP contribution >= 0.6 is 7.82 Å². The van der Waals surface area contributed by atoms with Crippen LogP contribution < -0.4 is 5.73 Å². The molecule has 0 fully saturated rings. The number of ether oxygens (including phenoxy) is 2. The normalized spacial score (nSPS) is 14.3. The first-order chi connectivity index (χ1) is 26.6. The smallest absolute Gasteiger partial charge is 0.472 e. The summed E-state index contributed by atoms with van der Waals surface area (Å²) in [5, 5.41) is 8.88. The number of rotatable bonds is 39. The van der Waals surface area contributed by atoms with Crippen LogP contribution in [0.2, 0.25) is 0 Å². The van der Waals surface area contributed by atoms with Gasteiger partial charge in [-0.05, 0) is 64.2 Å². The molecule has 0 spiro atoms. The van der Waals surface area contributed by atoms with Crippen molar-refractivity contribution >= 4 is 25.7 Å². The lowest BCUT2D eigenvalue weighted by atomic mass is 10.1. The van der Waals surface area contributed by atoms with Crippen LogP contribution in [0.1, 0.15) is 174 Å².